The molecule has 0 spiro atoms. The van der Waals surface area contributed by atoms with Gasteiger partial charge in [-0.2, -0.15) is 0 Å². The Bertz CT molecular complexity index is 1350. The van der Waals surface area contributed by atoms with Gasteiger partial charge in [0.2, 0.25) is 5.91 Å². The number of hydrogen-bond acceptors (Lipinski definition) is 6. The first-order valence-corrected chi connectivity index (χ1v) is 11.4. The van der Waals surface area contributed by atoms with Gasteiger partial charge in [-0.25, -0.2) is 4.39 Å². The van der Waals surface area contributed by atoms with Crippen LogP contribution >= 0.6 is 23.4 Å². The molecule has 1 amide bonds. The quantitative estimate of drug-likeness (QED) is 0.198. The predicted octanol–water partition coefficient (Wildman–Crippen LogP) is 5.42. The third-order valence-corrected chi connectivity index (χ3v) is 6.06. The van der Waals surface area contributed by atoms with Crippen LogP contribution in [0.1, 0.15) is 5.56 Å². The van der Waals surface area contributed by atoms with Crippen LogP contribution in [-0.4, -0.2) is 31.3 Å². The Labute approximate surface area is 202 Å². The summed E-state index contributed by atoms with van der Waals surface area (Å²) in [5.41, 5.74) is 1.35. The van der Waals surface area contributed by atoms with Gasteiger partial charge in [-0.1, -0.05) is 65.8 Å². The summed E-state index contributed by atoms with van der Waals surface area (Å²) in [4.78, 5) is 22.8. The van der Waals surface area contributed by atoms with Crippen LogP contribution in [0.4, 0.5) is 15.8 Å². The number of nitrogens with zero attached hydrogens (tertiary/aromatic N) is 4. The summed E-state index contributed by atoms with van der Waals surface area (Å²) in [6.45, 7) is 0.385. The topological polar surface area (TPSA) is 103 Å². The zero-order chi connectivity index (χ0) is 24.1. The van der Waals surface area contributed by atoms with Crippen molar-refractivity contribution in [2.75, 3.05) is 11.1 Å². The Balaban J connectivity index is 1.54. The zero-order valence-corrected chi connectivity index (χ0v) is 19.1. The molecule has 0 unspecified atom stereocenters. The standard InChI is InChI=1S/C23H17ClFN5O3S/c24-18-12-16(30(32)33)10-11-20(18)26-21(31)14-34-23-28-27-22(17-8-4-5-9-19(17)25)29(23)13-15-6-2-1-3-7-15/h1-12H,13-14H2,(H,26,31). The van der Waals surface area contributed by atoms with Crippen molar-refractivity contribution in [3.8, 4) is 11.4 Å². The van der Waals surface area contributed by atoms with Gasteiger partial charge in [0.05, 0.1) is 33.5 Å². The first kappa shape index (κ1) is 23.4. The van der Waals surface area contributed by atoms with E-state index in [-0.39, 0.29) is 28.1 Å². The van der Waals surface area contributed by atoms with Gasteiger partial charge in [0.1, 0.15) is 5.82 Å². The molecular formula is C23H17ClFN5O3S. The predicted molar refractivity (Wildman–Crippen MR) is 128 cm³/mol. The number of non-ortho nitro benzene ring substituents is 1. The minimum Gasteiger partial charge on any atom is -0.324 e. The highest BCUT2D eigenvalue weighted by Gasteiger charge is 2.19. The second-order valence-electron chi connectivity index (χ2n) is 7.12. The smallest absolute Gasteiger partial charge is 0.271 e. The van der Waals surface area contributed by atoms with Crippen LogP contribution in [0.5, 0.6) is 0 Å². The molecule has 0 radical (unpaired) electrons. The number of amides is 1. The molecule has 0 saturated heterocycles. The van der Waals surface area contributed by atoms with Crippen LogP contribution < -0.4 is 5.32 Å². The monoisotopic (exact) mass is 497 g/mol. The van der Waals surface area contributed by atoms with Gasteiger partial charge in [-0.05, 0) is 23.8 Å². The minimum atomic E-state index is -0.569. The summed E-state index contributed by atoms with van der Waals surface area (Å²) in [6.07, 6.45) is 0. The normalized spacial score (nSPS) is 10.8. The molecule has 4 rings (SSSR count). The number of aromatic nitrogens is 3. The third-order valence-electron chi connectivity index (χ3n) is 4.79. The maximum Gasteiger partial charge on any atom is 0.271 e. The molecule has 34 heavy (non-hydrogen) atoms. The first-order chi connectivity index (χ1) is 16.4. The van der Waals surface area contributed by atoms with Gasteiger partial charge in [-0.15, -0.1) is 10.2 Å². The van der Waals surface area contributed by atoms with Crippen LogP contribution in [0.15, 0.2) is 78.0 Å². The Hall–Kier alpha value is -3.76. The number of rotatable bonds is 8. The van der Waals surface area contributed by atoms with Crippen molar-refractivity contribution in [3.63, 3.8) is 0 Å². The molecule has 8 nitrogen and oxygen atoms in total. The van der Waals surface area contributed by atoms with Gasteiger partial charge in [-0.3, -0.25) is 19.5 Å². The summed E-state index contributed by atoms with van der Waals surface area (Å²) in [5.74, 6) is -0.491. The van der Waals surface area contributed by atoms with Crippen LogP contribution in [0.25, 0.3) is 11.4 Å². The second kappa shape index (κ2) is 10.4. The maximum atomic E-state index is 14.5. The van der Waals surface area contributed by atoms with Crippen molar-refractivity contribution < 1.29 is 14.1 Å². The minimum absolute atomic E-state index is 0.0302. The van der Waals surface area contributed by atoms with E-state index in [1.807, 2.05) is 30.3 Å². The highest BCUT2D eigenvalue weighted by molar-refractivity contribution is 7.99. The van der Waals surface area contributed by atoms with Crippen molar-refractivity contribution in [2.24, 2.45) is 0 Å². The summed E-state index contributed by atoms with van der Waals surface area (Å²) in [5, 5.41) is 22.3. The Morgan fingerprint density at radius 2 is 1.82 bits per heavy atom. The van der Waals surface area contributed by atoms with Gasteiger partial charge < -0.3 is 5.32 Å². The number of nitrogens with one attached hydrogen (secondary N) is 1. The van der Waals surface area contributed by atoms with E-state index in [1.165, 1.54) is 24.3 Å². The number of anilines is 1. The van der Waals surface area contributed by atoms with Gasteiger partial charge >= 0.3 is 0 Å². The van der Waals surface area contributed by atoms with E-state index >= 15 is 0 Å². The zero-order valence-electron chi connectivity index (χ0n) is 17.5. The molecule has 0 fully saturated rings. The lowest BCUT2D eigenvalue weighted by Gasteiger charge is -2.11. The Morgan fingerprint density at radius 3 is 2.53 bits per heavy atom. The number of halogens is 2. The molecular weight excluding hydrogens is 481 g/mol. The van der Waals surface area contributed by atoms with Crippen molar-refractivity contribution in [1.29, 1.82) is 0 Å². The number of carbonyl (C=O) groups is 1. The highest BCUT2D eigenvalue weighted by Crippen LogP contribution is 2.29. The molecule has 0 aliphatic carbocycles. The molecule has 0 aliphatic heterocycles. The number of nitro benzene ring substituents is 1. The number of benzene rings is 3. The molecule has 1 N–H and O–H groups in total. The number of thioether (sulfide) groups is 1. The molecule has 172 valence electrons. The van der Waals surface area contributed by atoms with Crippen molar-refractivity contribution >= 4 is 40.6 Å². The number of nitro groups is 1. The lowest BCUT2D eigenvalue weighted by Crippen LogP contribution is -2.15. The maximum absolute atomic E-state index is 14.5. The van der Waals surface area contributed by atoms with E-state index in [4.69, 9.17) is 11.6 Å². The molecule has 3 aromatic carbocycles. The summed E-state index contributed by atoms with van der Waals surface area (Å²) < 4.78 is 16.2. The van der Waals surface area contributed by atoms with Gasteiger partial charge in [0.25, 0.3) is 5.69 Å². The molecule has 1 aromatic heterocycles. The average Bonchev–Trinajstić information content (AvgIpc) is 3.22. The lowest BCUT2D eigenvalue weighted by atomic mass is 10.2. The van der Waals surface area contributed by atoms with E-state index in [1.54, 1.807) is 22.8 Å². The molecule has 4 aromatic rings. The first-order valence-electron chi connectivity index (χ1n) is 10.0. The highest BCUT2D eigenvalue weighted by atomic mass is 35.5. The van der Waals surface area contributed by atoms with E-state index in [9.17, 15) is 19.3 Å². The van der Waals surface area contributed by atoms with Gasteiger partial charge in [0.15, 0.2) is 11.0 Å². The van der Waals surface area contributed by atoms with E-state index in [2.05, 4.69) is 15.5 Å². The van der Waals surface area contributed by atoms with Crippen LogP contribution in [-0.2, 0) is 11.3 Å². The van der Waals surface area contributed by atoms with Crippen LogP contribution in [0, 0.1) is 15.9 Å². The molecule has 0 bridgehead atoms. The van der Waals surface area contributed by atoms with Crippen molar-refractivity contribution in [3.05, 3.63) is 99.3 Å². The summed E-state index contributed by atoms with van der Waals surface area (Å²) >= 11 is 7.18. The van der Waals surface area contributed by atoms with E-state index in [0.717, 1.165) is 17.3 Å². The molecule has 11 heteroatoms. The van der Waals surface area contributed by atoms with E-state index < -0.39 is 10.7 Å². The lowest BCUT2D eigenvalue weighted by molar-refractivity contribution is -0.384. The fraction of sp³-hybridized carbons (Fsp3) is 0.0870. The second-order valence-corrected chi connectivity index (χ2v) is 8.47. The largest absolute Gasteiger partial charge is 0.324 e. The van der Waals surface area contributed by atoms with Crippen LogP contribution in [0.2, 0.25) is 5.02 Å². The fourth-order valence-electron chi connectivity index (χ4n) is 3.18. The van der Waals surface area contributed by atoms with E-state index in [0.29, 0.717) is 23.1 Å². The Morgan fingerprint density at radius 1 is 1.09 bits per heavy atom. The number of carbonyl (C=O) groups excluding carboxylic acids is 1. The fourth-order valence-corrected chi connectivity index (χ4v) is 4.14. The van der Waals surface area contributed by atoms with Crippen LogP contribution in [0.3, 0.4) is 0 Å². The molecule has 0 aliphatic rings. The summed E-state index contributed by atoms with van der Waals surface area (Å²) in [7, 11) is 0. The SMILES string of the molecule is O=C(CSc1nnc(-c2ccccc2F)n1Cc1ccccc1)Nc1ccc([N+](=O)[O-])cc1Cl. The summed E-state index contributed by atoms with van der Waals surface area (Å²) in [6, 6.07) is 19.7. The molecule has 0 saturated carbocycles. The average molecular weight is 498 g/mol. The third kappa shape index (κ3) is 5.41. The van der Waals surface area contributed by atoms with Crippen molar-refractivity contribution in [2.45, 2.75) is 11.7 Å². The van der Waals surface area contributed by atoms with Gasteiger partial charge in [0, 0.05) is 12.1 Å². The Kier molecular flexibility index (Phi) is 7.19. The number of hydrogen-bond donors (Lipinski definition) is 1. The molecule has 1 heterocycles. The van der Waals surface area contributed by atoms with Crippen molar-refractivity contribution in [1.82, 2.24) is 14.8 Å². The molecule has 0 atom stereocenters.